The van der Waals surface area contributed by atoms with E-state index in [9.17, 15) is 4.39 Å². The van der Waals surface area contributed by atoms with Crippen LogP contribution in [0.2, 0.25) is 5.02 Å². The van der Waals surface area contributed by atoms with Crippen LogP contribution in [0.15, 0.2) is 78.0 Å². The van der Waals surface area contributed by atoms with Gasteiger partial charge in [0.2, 0.25) is 0 Å². The molecule has 0 aliphatic heterocycles. The molecule has 158 valence electrons. The van der Waals surface area contributed by atoms with Crippen molar-refractivity contribution in [3.05, 3.63) is 94.8 Å². The van der Waals surface area contributed by atoms with Crippen molar-refractivity contribution in [3.8, 4) is 17.1 Å². The van der Waals surface area contributed by atoms with Crippen molar-refractivity contribution in [3.63, 3.8) is 0 Å². The zero-order chi connectivity index (χ0) is 22.0. The van der Waals surface area contributed by atoms with Crippen LogP contribution in [0.25, 0.3) is 17.1 Å². The molecule has 0 aliphatic carbocycles. The van der Waals surface area contributed by atoms with E-state index >= 15 is 0 Å². The highest BCUT2D eigenvalue weighted by Crippen LogP contribution is 2.32. The van der Waals surface area contributed by atoms with E-state index in [-0.39, 0.29) is 11.2 Å². The molecule has 3 nitrogen and oxygen atoms in total. The number of nitrogens with zero attached hydrogens (tertiary/aromatic N) is 3. The predicted octanol–water partition coefficient (Wildman–Crippen LogP) is 7.32. The summed E-state index contributed by atoms with van der Waals surface area (Å²) in [6, 6.07) is 22.5. The van der Waals surface area contributed by atoms with Gasteiger partial charge in [0.05, 0.1) is 5.69 Å². The summed E-state index contributed by atoms with van der Waals surface area (Å²) >= 11 is 7.84. The Labute approximate surface area is 191 Å². The summed E-state index contributed by atoms with van der Waals surface area (Å²) in [5.41, 5.74) is 3.92. The Bertz CT molecular complexity index is 1200. The average molecular weight is 452 g/mol. The van der Waals surface area contributed by atoms with Crippen LogP contribution in [0, 0.1) is 5.82 Å². The highest BCUT2D eigenvalue weighted by Gasteiger charge is 2.19. The van der Waals surface area contributed by atoms with Crippen LogP contribution >= 0.6 is 23.4 Å². The molecule has 0 atom stereocenters. The lowest BCUT2D eigenvalue weighted by Gasteiger charge is -2.19. The summed E-state index contributed by atoms with van der Waals surface area (Å²) in [7, 11) is 0. The summed E-state index contributed by atoms with van der Waals surface area (Å²) < 4.78 is 15.9. The second-order valence-corrected chi connectivity index (χ2v) is 9.68. The Morgan fingerprint density at radius 1 is 0.935 bits per heavy atom. The van der Waals surface area contributed by atoms with Gasteiger partial charge in [0.15, 0.2) is 11.0 Å². The SMILES string of the molecule is CC(C)(C)c1ccc(-c2nnc(SCc3ccccc3Cl)n2-c2cccc(F)c2)cc1. The van der Waals surface area contributed by atoms with Gasteiger partial charge in [-0.05, 0) is 40.8 Å². The first-order valence-electron chi connectivity index (χ1n) is 10.0. The lowest BCUT2D eigenvalue weighted by atomic mass is 9.87. The van der Waals surface area contributed by atoms with Gasteiger partial charge < -0.3 is 0 Å². The second kappa shape index (κ2) is 8.85. The normalized spacial score (nSPS) is 11.6. The topological polar surface area (TPSA) is 30.7 Å². The Kier molecular flexibility index (Phi) is 6.17. The largest absolute Gasteiger partial charge is 0.270 e. The van der Waals surface area contributed by atoms with E-state index in [1.54, 1.807) is 6.07 Å². The van der Waals surface area contributed by atoms with Crippen molar-refractivity contribution < 1.29 is 4.39 Å². The van der Waals surface area contributed by atoms with E-state index in [2.05, 4.69) is 43.1 Å². The minimum atomic E-state index is -0.303. The van der Waals surface area contributed by atoms with Crippen LogP contribution < -0.4 is 0 Å². The summed E-state index contributed by atoms with van der Waals surface area (Å²) in [5, 5.41) is 10.3. The monoisotopic (exact) mass is 451 g/mol. The van der Waals surface area contributed by atoms with Gasteiger partial charge in [-0.15, -0.1) is 10.2 Å². The van der Waals surface area contributed by atoms with Crippen LogP contribution in [-0.4, -0.2) is 14.8 Å². The minimum Gasteiger partial charge on any atom is -0.270 e. The van der Waals surface area contributed by atoms with Gasteiger partial charge in [-0.25, -0.2) is 4.39 Å². The summed E-state index contributed by atoms with van der Waals surface area (Å²) in [5.74, 6) is 1.01. The van der Waals surface area contributed by atoms with E-state index < -0.39 is 0 Å². The fourth-order valence-electron chi connectivity index (χ4n) is 3.28. The zero-order valence-corrected chi connectivity index (χ0v) is 19.2. The number of benzene rings is 3. The highest BCUT2D eigenvalue weighted by atomic mass is 35.5. The molecule has 1 aromatic heterocycles. The molecule has 6 heteroatoms. The van der Waals surface area contributed by atoms with E-state index in [0.717, 1.165) is 11.1 Å². The molecule has 0 bridgehead atoms. The number of aromatic nitrogens is 3. The van der Waals surface area contributed by atoms with Gasteiger partial charge in [-0.1, -0.05) is 92.7 Å². The highest BCUT2D eigenvalue weighted by molar-refractivity contribution is 7.98. The zero-order valence-electron chi connectivity index (χ0n) is 17.6. The lowest BCUT2D eigenvalue weighted by molar-refractivity contribution is 0.590. The maximum atomic E-state index is 14.0. The molecule has 0 N–H and O–H groups in total. The molecule has 0 saturated heterocycles. The molecule has 0 unspecified atom stereocenters. The third-order valence-corrected chi connectivity index (χ3v) is 6.37. The quantitative estimate of drug-likeness (QED) is 0.298. The van der Waals surface area contributed by atoms with E-state index in [4.69, 9.17) is 11.6 Å². The molecule has 1 heterocycles. The number of thioether (sulfide) groups is 1. The number of hydrogen-bond donors (Lipinski definition) is 0. The third kappa shape index (κ3) is 4.83. The van der Waals surface area contributed by atoms with Crippen LogP contribution in [0.3, 0.4) is 0 Å². The molecule has 0 aliphatic rings. The van der Waals surface area contributed by atoms with Crippen molar-refractivity contribution in [2.75, 3.05) is 0 Å². The first-order chi connectivity index (χ1) is 14.8. The first-order valence-corrected chi connectivity index (χ1v) is 11.4. The van der Waals surface area contributed by atoms with E-state index in [1.807, 2.05) is 47.0 Å². The number of halogens is 2. The molecule has 0 fully saturated rings. The molecular weight excluding hydrogens is 429 g/mol. The van der Waals surface area contributed by atoms with Crippen molar-refractivity contribution in [1.29, 1.82) is 0 Å². The first kappa shape index (κ1) is 21.6. The summed E-state index contributed by atoms with van der Waals surface area (Å²) in [6.45, 7) is 6.54. The maximum absolute atomic E-state index is 14.0. The minimum absolute atomic E-state index is 0.0602. The smallest absolute Gasteiger partial charge is 0.196 e. The fourth-order valence-corrected chi connectivity index (χ4v) is 4.51. The number of rotatable bonds is 5. The third-order valence-electron chi connectivity index (χ3n) is 5.02. The van der Waals surface area contributed by atoms with Gasteiger partial charge in [0.25, 0.3) is 0 Å². The maximum Gasteiger partial charge on any atom is 0.196 e. The van der Waals surface area contributed by atoms with Gasteiger partial charge in [-0.2, -0.15) is 0 Å². The van der Waals surface area contributed by atoms with Crippen molar-refractivity contribution >= 4 is 23.4 Å². The molecule has 0 spiro atoms. The molecular formula is C25H23ClFN3S. The van der Waals surface area contributed by atoms with E-state index in [0.29, 0.717) is 27.4 Å². The molecule has 0 saturated carbocycles. The Balaban J connectivity index is 1.74. The Morgan fingerprint density at radius 3 is 2.35 bits per heavy atom. The second-order valence-electron chi connectivity index (χ2n) is 8.33. The molecule has 3 aromatic carbocycles. The summed E-state index contributed by atoms with van der Waals surface area (Å²) in [4.78, 5) is 0. The van der Waals surface area contributed by atoms with Crippen LogP contribution in [0.5, 0.6) is 0 Å². The van der Waals surface area contributed by atoms with Gasteiger partial charge in [0, 0.05) is 16.3 Å². The number of hydrogen-bond acceptors (Lipinski definition) is 3. The molecule has 4 rings (SSSR count). The Hall–Kier alpha value is -2.63. The Morgan fingerprint density at radius 2 is 1.68 bits per heavy atom. The summed E-state index contributed by atoms with van der Waals surface area (Å²) in [6.07, 6.45) is 0. The standard InChI is InChI=1S/C25H23ClFN3S/c1-25(2,3)19-13-11-17(12-14-19)23-28-29-24(30(23)21-9-6-8-20(27)15-21)31-16-18-7-4-5-10-22(18)26/h4-15H,16H2,1-3H3. The van der Waals surface area contributed by atoms with Crippen LogP contribution in [-0.2, 0) is 11.2 Å². The lowest BCUT2D eigenvalue weighted by Crippen LogP contribution is -2.10. The molecule has 0 radical (unpaired) electrons. The molecule has 0 amide bonds. The van der Waals surface area contributed by atoms with E-state index in [1.165, 1.54) is 29.5 Å². The average Bonchev–Trinajstić information content (AvgIpc) is 3.16. The van der Waals surface area contributed by atoms with Gasteiger partial charge in [0.1, 0.15) is 5.82 Å². The van der Waals surface area contributed by atoms with Crippen LogP contribution in [0.1, 0.15) is 31.9 Å². The van der Waals surface area contributed by atoms with Crippen LogP contribution in [0.4, 0.5) is 4.39 Å². The van der Waals surface area contributed by atoms with Gasteiger partial charge >= 0.3 is 0 Å². The fraction of sp³-hybridized carbons (Fsp3) is 0.200. The van der Waals surface area contributed by atoms with Crippen molar-refractivity contribution in [2.24, 2.45) is 0 Å². The van der Waals surface area contributed by atoms with Gasteiger partial charge in [-0.3, -0.25) is 4.57 Å². The molecule has 4 aromatic rings. The predicted molar refractivity (Wildman–Crippen MR) is 126 cm³/mol. The van der Waals surface area contributed by atoms with Crippen molar-refractivity contribution in [1.82, 2.24) is 14.8 Å². The molecule has 31 heavy (non-hydrogen) atoms. The van der Waals surface area contributed by atoms with Crippen molar-refractivity contribution in [2.45, 2.75) is 37.1 Å².